The highest BCUT2D eigenvalue weighted by Gasteiger charge is 2.09. The molecule has 2 N–H and O–H groups in total. The number of nitrogens with two attached hydrogens (primary N) is 1. The lowest BCUT2D eigenvalue weighted by Gasteiger charge is -2.17. The van der Waals surface area contributed by atoms with Gasteiger partial charge in [0.15, 0.2) is 0 Å². The molecule has 0 aliphatic rings. The van der Waals surface area contributed by atoms with Crippen molar-refractivity contribution < 1.29 is 9.47 Å². The van der Waals surface area contributed by atoms with Crippen LogP contribution in [0.25, 0.3) is 0 Å². The monoisotopic (exact) mass is 265 g/mol. The molecule has 2 atom stereocenters. The third-order valence-corrected chi connectivity index (χ3v) is 3.01. The summed E-state index contributed by atoms with van der Waals surface area (Å²) in [4.78, 5) is 0. The Hall–Kier alpha value is -0.900. The summed E-state index contributed by atoms with van der Waals surface area (Å²) in [6.45, 7) is 7.56. The molecule has 0 bridgehead atoms. The summed E-state index contributed by atoms with van der Waals surface area (Å²) in [6, 6.07) is 8.45. The summed E-state index contributed by atoms with van der Waals surface area (Å²) < 4.78 is 10.7. The fraction of sp³-hybridized carbons (Fsp3) is 0.625. The Morgan fingerprint density at radius 1 is 1.05 bits per heavy atom. The Morgan fingerprint density at radius 2 is 1.68 bits per heavy atom. The smallest absolute Gasteiger partial charge is 0.0781 e. The molecule has 0 aliphatic heterocycles. The maximum absolute atomic E-state index is 6.12. The number of ether oxygens (including phenoxy) is 2. The van der Waals surface area contributed by atoms with Crippen molar-refractivity contribution in [1.29, 1.82) is 0 Å². The molecule has 1 aromatic rings. The van der Waals surface area contributed by atoms with E-state index in [0.29, 0.717) is 19.1 Å². The van der Waals surface area contributed by atoms with Crippen LogP contribution < -0.4 is 5.73 Å². The largest absolute Gasteiger partial charge is 0.382 e. The molecule has 0 saturated carbocycles. The van der Waals surface area contributed by atoms with Crippen molar-refractivity contribution >= 4 is 0 Å². The van der Waals surface area contributed by atoms with Crippen LogP contribution in [0, 0.1) is 5.92 Å². The normalized spacial score (nSPS) is 14.6. The van der Waals surface area contributed by atoms with Crippen LogP contribution in [0.4, 0.5) is 0 Å². The molecule has 108 valence electrons. The van der Waals surface area contributed by atoms with Gasteiger partial charge in [-0.05, 0) is 30.4 Å². The average molecular weight is 265 g/mol. The zero-order chi connectivity index (χ0) is 14.3. The molecule has 2 unspecified atom stereocenters. The van der Waals surface area contributed by atoms with E-state index in [1.807, 2.05) is 6.92 Å². The molecule has 1 aromatic carbocycles. The van der Waals surface area contributed by atoms with Crippen molar-refractivity contribution in [2.24, 2.45) is 11.7 Å². The van der Waals surface area contributed by atoms with Crippen molar-refractivity contribution in [2.45, 2.75) is 39.3 Å². The van der Waals surface area contributed by atoms with Gasteiger partial charge in [0.1, 0.15) is 0 Å². The summed E-state index contributed by atoms with van der Waals surface area (Å²) in [5.74, 6) is 0.678. The molecule has 0 heterocycles. The maximum Gasteiger partial charge on any atom is 0.0781 e. The molecule has 0 fully saturated rings. The van der Waals surface area contributed by atoms with Gasteiger partial charge in [-0.3, -0.25) is 0 Å². The fourth-order valence-corrected chi connectivity index (χ4v) is 2.02. The van der Waals surface area contributed by atoms with Crippen molar-refractivity contribution in [3.63, 3.8) is 0 Å². The third-order valence-electron chi connectivity index (χ3n) is 3.01. The topological polar surface area (TPSA) is 44.5 Å². The van der Waals surface area contributed by atoms with Crippen molar-refractivity contribution in [3.8, 4) is 0 Å². The van der Waals surface area contributed by atoms with Gasteiger partial charge in [0, 0.05) is 7.11 Å². The minimum atomic E-state index is -0.0765. The Bertz CT molecular complexity index is 348. The van der Waals surface area contributed by atoms with Gasteiger partial charge in [-0.1, -0.05) is 38.1 Å². The molecule has 0 aliphatic carbocycles. The van der Waals surface area contributed by atoms with Gasteiger partial charge in [0.25, 0.3) is 0 Å². The Labute approximate surface area is 117 Å². The summed E-state index contributed by atoms with van der Waals surface area (Å²) in [5.41, 5.74) is 8.61. The molecule has 0 aromatic heterocycles. The number of rotatable bonds is 8. The van der Waals surface area contributed by atoms with E-state index in [9.17, 15) is 0 Å². The first-order chi connectivity index (χ1) is 9.02. The van der Waals surface area contributed by atoms with Crippen molar-refractivity contribution in [2.75, 3.05) is 20.3 Å². The molecule has 0 amide bonds. The van der Waals surface area contributed by atoms with E-state index in [4.69, 9.17) is 15.2 Å². The van der Waals surface area contributed by atoms with Gasteiger partial charge in [-0.25, -0.2) is 0 Å². The Kier molecular flexibility index (Phi) is 7.06. The molecular weight excluding hydrogens is 238 g/mol. The summed E-state index contributed by atoms with van der Waals surface area (Å²) >= 11 is 0. The first kappa shape index (κ1) is 16.2. The summed E-state index contributed by atoms with van der Waals surface area (Å²) in [5, 5.41) is 0. The highest BCUT2D eigenvalue weighted by atomic mass is 16.5. The molecule has 0 radical (unpaired) electrons. The molecular formula is C16H27NO2. The Balaban J connectivity index is 2.46. The molecule has 3 heteroatoms. The van der Waals surface area contributed by atoms with Crippen LogP contribution >= 0.6 is 0 Å². The lowest BCUT2D eigenvalue weighted by Crippen LogP contribution is -2.23. The van der Waals surface area contributed by atoms with Crippen LogP contribution in [0.15, 0.2) is 24.3 Å². The number of benzene rings is 1. The first-order valence-corrected chi connectivity index (χ1v) is 6.98. The van der Waals surface area contributed by atoms with Gasteiger partial charge >= 0.3 is 0 Å². The quantitative estimate of drug-likeness (QED) is 0.786. The van der Waals surface area contributed by atoms with Crippen LogP contribution in [0.2, 0.25) is 0 Å². The molecule has 19 heavy (non-hydrogen) atoms. The van der Waals surface area contributed by atoms with Gasteiger partial charge in [0.2, 0.25) is 0 Å². The molecule has 3 nitrogen and oxygen atoms in total. The molecule has 1 rings (SSSR count). The fourth-order valence-electron chi connectivity index (χ4n) is 2.02. The van der Waals surface area contributed by atoms with Gasteiger partial charge in [-0.15, -0.1) is 0 Å². The third kappa shape index (κ3) is 6.19. The van der Waals surface area contributed by atoms with E-state index in [2.05, 4.69) is 38.1 Å². The number of methoxy groups -OCH3 is 1. The zero-order valence-corrected chi connectivity index (χ0v) is 12.6. The predicted molar refractivity (Wildman–Crippen MR) is 79.2 cm³/mol. The van der Waals surface area contributed by atoms with Crippen LogP contribution in [-0.4, -0.2) is 26.4 Å². The van der Waals surface area contributed by atoms with E-state index in [1.165, 1.54) is 5.56 Å². The molecule has 0 spiro atoms. The van der Waals surface area contributed by atoms with Crippen LogP contribution in [0.3, 0.4) is 0 Å². The van der Waals surface area contributed by atoms with Crippen LogP contribution in [-0.2, 0) is 15.9 Å². The minimum Gasteiger partial charge on any atom is -0.382 e. The number of hydrogen-bond donors (Lipinski definition) is 1. The highest BCUT2D eigenvalue weighted by Crippen LogP contribution is 2.15. The van der Waals surface area contributed by atoms with E-state index in [1.54, 1.807) is 7.11 Å². The molecule has 0 saturated heterocycles. The van der Waals surface area contributed by atoms with Crippen molar-refractivity contribution in [3.05, 3.63) is 35.4 Å². The average Bonchev–Trinajstić information content (AvgIpc) is 2.36. The van der Waals surface area contributed by atoms with E-state index in [0.717, 1.165) is 12.0 Å². The second-order valence-corrected chi connectivity index (χ2v) is 5.55. The van der Waals surface area contributed by atoms with Gasteiger partial charge in [-0.2, -0.15) is 0 Å². The minimum absolute atomic E-state index is 0.0765. The lowest BCUT2D eigenvalue weighted by molar-refractivity contribution is 0.00328. The lowest BCUT2D eigenvalue weighted by atomic mass is 10.00. The standard InChI is InChI=1S/C16H27NO2/c1-12(2)9-14-5-7-15(8-6-14)16(17)11-19-13(3)10-18-4/h5-8,12-13,16H,9-11,17H2,1-4H3. The van der Waals surface area contributed by atoms with Gasteiger partial charge in [0.05, 0.1) is 25.4 Å². The van der Waals surface area contributed by atoms with E-state index < -0.39 is 0 Å². The number of hydrogen-bond acceptors (Lipinski definition) is 3. The first-order valence-electron chi connectivity index (χ1n) is 6.98. The summed E-state index contributed by atoms with van der Waals surface area (Å²) in [6.07, 6.45) is 1.19. The van der Waals surface area contributed by atoms with Gasteiger partial charge < -0.3 is 15.2 Å². The van der Waals surface area contributed by atoms with Crippen LogP contribution in [0.5, 0.6) is 0 Å². The van der Waals surface area contributed by atoms with E-state index >= 15 is 0 Å². The maximum atomic E-state index is 6.12. The SMILES string of the molecule is COCC(C)OCC(N)c1ccc(CC(C)C)cc1. The van der Waals surface area contributed by atoms with E-state index in [-0.39, 0.29) is 12.1 Å². The second kappa shape index (κ2) is 8.31. The van der Waals surface area contributed by atoms with Crippen LogP contribution in [0.1, 0.15) is 37.9 Å². The zero-order valence-electron chi connectivity index (χ0n) is 12.6. The predicted octanol–water partition coefficient (Wildman–Crippen LogP) is 2.94. The summed E-state index contributed by atoms with van der Waals surface area (Å²) in [7, 11) is 1.67. The second-order valence-electron chi connectivity index (χ2n) is 5.55. The van der Waals surface area contributed by atoms with Crippen molar-refractivity contribution in [1.82, 2.24) is 0 Å². The highest BCUT2D eigenvalue weighted by molar-refractivity contribution is 5.25. The Morgan fingerprint density at radius 3 is 2.21 bits per heavy atom.